The number of hydrogen-bond donors (Lipinski definition) is 0. The Morgan fingerprint density at radius 3 is 2.63 bits per heavy atom. The summed E-state index contributed by atoms with van der Waals surface area (Å²) in [6.45, 7) is 0.630. The van der Waals surface area contributed by atoms with E-state index in [-0.39, 0.29) is 0 Å². The van der Waals surface area contributed by atoms with Gasteiger partial charge in [-0.1, -0.05) is 30.3 Å². The van der Waals surface area contributed by atoms with E-state index in [1.807, 2.05) is 42.3 Å². The van der Waals surface area contributed by atoms with Crippen molar-refractivity contribution in [2.24, 2.45) is 0 Å². The first-order valence-electron chi connectivity index (χ1n) is 5.86. The fraction of sp³-hybridized carbons (Fsp3) is 0.133. The molecule has 0 bridgehead atoms. The van der Waals surface area contributed by atoms with Crippen LogP contribution in [0.3, 0.4) is 0 Å². The van der Waals surface area contributed by atoms with Gasteiger partial charge in [-0.25, -0.2) is 4.98 Å². The van der Waals surface area contributed by atoms with Gasteiger partial charge in [-0.05, 0) is 17.7 Å². The Balaban J connectivity index is 2.30. The standard InChI is InChI=1S/C15H13N3O/c1-18(10-12-5-3-2-4-6-12)15-13(9-16)7-8-14(11-19)17-15/h2-8,11H,10H2,1H3. The fourth-order valence-electron chi connectivity index (χ4n) is 1.84. The van der Waals surface area contributed by atoms with Gasteiger partial charge in [0.25, 0.3) is 0 Å². The number of benzene rings is 1. The lowest BCUT2D eigenvalue weighted by molar-refractivity contribution is 0.111. The zero-order chi connectivity index (χ0) is 13.7. The van der Waals surface area contributed by atoms with Crippen molar-refractivity contribution in [1.82, 2.24) is 4.98 Å². The number of carbonyl (C=O) groups is 1. The quantitative estimate of drug-likeness (QED) is 0.783. The maximum absolute atomic E-state index is 10.8. The Bertz CT molecular complexity index is 617. The third-order valence-electron chi connectivity index (χ3n) is 2.76. The van der Waals surface area contributed by atoms with Crippen LogP contribution in [0.4, 0.5) is 5.82 Å². The van der Waals surface area contributed by atoms with Gasteiger partial charge in [-0.15, -0.1) is 0 Å². The average Bonchev–Trinajstić information content (AvgIpc) is 2.47. The highest BCUT2D eigenvalue weighted by Crippen LogP contribution is 2.18. The van der Waals surface area contributed by atoms with E-state index < -0.39 is 0 Å². The first-order chi connectivity index (χ1) is 9.24. The summed E-state index contributed by atoms with van der Waals surface area (Å²) in [5.41, 5.74) is 1.91. The van der Waals surface area contributed by atoms with E-state index in [1.54, 1.807) is 12.1 Å². The molecule has 1 aromatic heterocycles. The molecule has 0 atom stereocenters. The van der Waals surface area contributed by atoms with Crippen molar-refractivity contribution in [3.05, 3.63) is 59.3 Å². The van der Waals surface area contributed by atoms with Crippen molar-refractivity contribution in [2.45, 2.75) is 6.54 Å². The van der Waals surface area contributed by atoms with E-state index in [1.165, 1.54) is 0 Å². The number of hydrogen-bond acceptors (Lipinski definition) is 4. The molecule has 0 aliphatic carbocycles. The molecular weight excluding hydrogens is 238 g/mol. The predicted octanol–water partition coefficient (Wildman–Crippen LogP) is 2.40. The average molecular weight is 251 g/mol. The highest BCUT2D eigenvalue weighted by molar-refractivity contribution is 5.73. The van der Waals surface area contributed by atoms with Gasteiger partial charge in [-0.2, -0.15) is 5.26 Å². The van der Waals surface area contributed by atoms with Crippen molar-refractivity contribution in [3.63, 3.8) is 0 Å². The van der Waals surface area contributed by atoms with Crippen molar-refractivity contribution >= 4 is 12.1 Å². The second-order valence-corrected chi connectivity index (χ2v) is 4.18. The Morgan fingerprint density at radius 1 is 1.26 bits per heavy atom. The Kier molecular flexibility index (Phi) is 3.89. The van der Waals surface area contributed by atoms with Gasteiger partial charge < -0.3 is 4.90 Å². The lowest BCUT2D eigenvalue weighted by Gasteiger charge is -2.19. The molecule has 1 aromatic carbocycles. The molecule has 0 fully saturated rings. The van der Waals surface area contributed by atoms with E-state index in [2.05, 4.69) is 11.1 Å². The molecule has 0 aliphatic heterocycles. The zero-order valence-corrected chi connectivity index (χ0v) is 10.6. The van der Waals surface area contributed by atoms with Gasteiger partial charge in [0.1, 0.15) is 17.6 Å². The Hall–Kier alpha value is -2.67. The number of nitrogens with zero attached hydrogens (tertiary/aromatic N) is 3. The van der Waals surface area contributed by atoms with Crippen molar-refractivity contribution in [2.75, 3.05) is 11.9 Å². The predicted molar refractivity (Wildman–Crippen MR) is 72.9 cm³/mol. The third kappa shape index (κ3) is 2.96. The van der Waals surface area contributed by atoms with Gasteiger partial charge in [0.2, 0.25) is 0 Å². The number of nitriles is 1. The van der Waals surface area contributed by atoms with Crippen LogP contribution >= 0.6 is 0 Å². The van der Waals surface area contributed by atoms with E-state index in [4.69, 9.17) is 5.26 Å². The van der Waals surface area contributed by atoms with Crippen molar-refractivity contribution in [3.8, 4) is 6.07 Å². The molecule has 0 N–H and O–H groups in total. The smallest absolute Gasteiger partial charge is 0.168 e. The monoisotopic (exact) mass is 251 g/mol. The minimum atomic E-state index is 0.328. The molecule has 0 unspecified atom stereocenters. The minimum absolute atomic E-state index is 0.328. The van der Waals surface area contributed by atoms with E-state index in [9.17, 15) is 4.79 Å². The summed E-state index contributed by atoms with van der Waals surface area (Å²) in [7, 11) is 1.85. The van der Waals surface area contributed by atoms with E-state index >= 15 is 0 Å². The van der Waals surface area contributed by atoms with Gasteiger partial charge in [0.15, 0.2) is 6.29 Å². The van der Waals surface area contributed by atoms with E-state index in [0.717, 1.165) is 5.56 Å². The summed E-state index contributed by atoms with van der Waals surface area (Å²) in [5.74, 6) is 0.524. The van der Waals surface area contributed by atoms with Crippen LogP contribution in [0, 0.1) is 11.3 Å². The molecule has 0 saturated heterocycles. The fourth-order valence-corrected chi connectivity index (χ4v) is 1.84. The summed E-state index contributed by atoms with van der Waals surface area (Å²) in [5, 5.41) is 9.09. The van der Waals surface area contributed by atoms with Crippen LogP contribution in [0.25, 0.3) is 0 Å². The first-order valence-corrected chi connectivity index (χ1v) is 5.86. The van der Waals surface area contributed by atoms with Gasteiger partial charge in [0.05, 0.1) is 5.56 Å². The number of aromatic nitrogens is 1. The highest BCUT2D eigenvalue weighted by Gasteiger charge is 2.10. The largest absolute Gasteiger partial charge is 0.354 e. The van der Waals surface area contributed by atoms with Gasteiger partial charge in [-0.3, -0.25) is 4.79 Å². The maximum Gasteiger partial charge on any atom is 0.168 e. The van der Waals surface area contributed by atoms with Crippen LogP contribution in [-0.2, 0) is 6.54 Å². The van der Waals surface area contributed by atoms with Gasteiger partial charge in [0, 0.05) is 13.6 Å². The molecule has 2 aromatic rings. The normalized spacial score (nSPS) is 9.68. The lowest BCUT2D eigenvalue weighted by Crippen LogP contribution is -2.19. The summed E-state index contributed by atoms with van der Waals surface area (Å²) in [6.07, 6.45) is 0.682. The van der Waals surface area contributed by atoms with Crippen molar-refractivity contribution < 1.29 is 4.79 Å². The summed E-state index contributed by atoms with van der Waals surface area (Å²) in [6, 6.07) is 15.1. The molecular formula is C15H13N3O. The third-order valence-corrected chi connectivity index (χ3v) is 2.76. The summed E-state index contributed by atoms with van der Waals surface area (Å²) >= 11 is 0. The minimum Gasteiger partial charge on any atom is -0.354 e. The Labute approximate surface area is 111 Å². The van der Waals surface area contributed by atoms with Crippen LogP contribution in [0.1, 0.15) is 21.6 Å². The molecule has 1 heterocycles. The molecule has 19 heavy (non-hydrogen) atoms. The summed E-state index contributed by atoms with van der Waals surface area (Å²) in [4.78, 5) is 16.8. The second-order valence-electron chi connectivity index (χ2n) is 4.18. The molecule has 0 saturated carbocycles. The molecule has 94 valence electrons. The number of rotatable bonds is 4. The number of anilines is 1. The van der Waals surface area contributed by atoms with Crippen LogP contribution in [-0.4, -0.2) is 18.3 Å². The second kappa shape index (κ2) is 5.78. The maximum atomic E-state index is 10.8. The molecule has 0 amide bonds. The van der Waals surface area contributed by atoms with Crippen molar-refractivity contribution in [1.29, 1.82) is 5.26 Å². The SMILES string of the molecule is CN(Cc1ccccc1)c1nc(C=O)ccc1C#N. The molecule has 4 heteroatoms. The molecule has 0 aliphatic rings. The Morgan fingerprint density at radius 2 is 2.00 bits per heavy atom. The first kappa shape index (κ1) is 12.8. The van der Waals surface area contributed by atoms with Crippen LogP contribution in [0.5, 0.6) is 0 Å². The van der Waals surface area contributed by atoms with Gasteiger partial charge >= 0.3 is 0 Å². The topological polar surface area (TPSA) is 57.0 Å². The zero-order valence-electron chi connectivity index (χ0n) is 10.6. The van der Waals surface area contributed by atoms with Crippen LogP contribution in [0.2, 0.25) is 0 Å². The molecule has 0 spiro atoms. The number of pyridine rings is 1. The van der Waals surface area contributed by atoms with E-state index in [0.29, 0.717) is 29.9 Å². The lowest BCUT2D eigenvalue weighted by atomic mass is 10.2. The molecule has 2 rings (SSSR count). The number of carbonyl (C=O) groups excluding carboxylic acids is 1. The summed E-state index contributed by atoms with van der Waals surface area (Å²) < 4.78 is 0. The molecule has 0 radical (unpaired) electrons. The van der Waals surface area contributed by atoms with Crippen LogP contribution in [0.15, 0.2) is 42.5 Å². The molecule has 4 nitrogen and oxygen atoms in total. The highest BCUT2D eigenvalue weighted by atomic mass is 16.1. The number of aldehydes is 1. The van der Waals surface area contributed by atoms with Crippen LogP contribution < -0.4 is 4.90 Å².